The Labute approximate surface area is 217 Å². The minimum atomic E-state index is -0.123. The summed E-state index contributed by atoms with van der Waals surface area (Å²) in [7, 11) is 0. The molecule has 0 aromatic carbocycles. The number of aliphatic hydroxyl groups is 1. The first-order valence-electron chi connectivity index (χ1n) is 15.5. The third kappa shape index (κ3) is 5.43. The van der Waals surface area contributed by atoms with E-state index in [0.29, 0.717) is 46.8 Å². The van der Waals surface area contributed by atoms with Crippen LogP contribution < -0.4 is 5.32 Å². The Balaban J connectivity index is 1.40. The molecule has 2 N–H and O–H groups in total. The molecular formula is C32H57NO2. The van der Waals surface area contributed by atoms with Gasteiger partial charge in [0.05, 0.1) is 6.10 Å². The molecule has 3 nitrogen and oxygen atoms in total. The van der Waals surface area contributed by atoms with Crippen molar-refractivity contribution in [2.45, 2.75) is 137 Å². The monoisotopic (exact) mass is 487 g/mol. The Hall–Kier alpha value is -0.410. The van der Waals surface area contributed by atoms with Crippen molar-refractivity contribution in [1.82, 2.24) is 5.32 Å². The molecule has 0 heterocycles. The van der Waals surface area contributed by atoms with Crippen LogP contribution in [-0.2, 0) is 4.79 Å². The van der Waals surface area contributed by atoms with Crippen LogP contribution in [0.2, 0.25) is 0 Å². The fourth-order valence-corrected chi connectivity index (χ4v) is 10.0. The van der Waals surface area contributed by atoms with Gasteiger partial charge in [-0.15, -0.1) is 0 Å². The molecule has 0 aromatic heterocycles. The Kier molecular flexibility index (Phi) is 8.79. The Morgan fingerprint density at radius 2 is 1.66 bits per heavy atom. The minimum Gasteiger partial charge on any atom is -0.393 e. The van der Waals surface area contributed by atoms with Gasteiger partial charge in [-0.1, -0.05) is 41.5 Å². The summed E-state index contributed by atoms with van der Waals surface area (Å²) in [5.74, 6) is 5.37. The molecule has 4 aliphatic carbocycles. The highest BCUT2D eigenvalue weighted by Gasteiger charge is 2.62. The first kappa shape index (κ1) is 27.6. The Morgan fingerprint density at radius 1 is 0.943 bits per heavy atom. The average Bonchev–Trinajstić information content (AvgIpc) is 3.18. The fraction of sp³-hybridized carbons (Fsp3) is 0.969. The van der Waals surface area contributed by atoms with Gasteiger partial charge >= 0.3 is 0 Å². The summed E-state index contributed by atoms with van der Waals surface area (Å²) in [6, 6.07) is 0.600. The molecule has 10 atom stereocenters. The summed E-state index contributed by atoms with van der Waals surface area (Å²) in [4.78, 5) is 12.0. The summed E-state index contributed by atoms with van der Waals surface area (Å²) in [6.45, 7) is 15.4. The average molecular weight is 488 g/mol. The second-order valence-corrected chi connectivity index (χ2v) is 14.4. The SMILES string of the molecule is CCC(=O)CC[C@@H](C)[C@H]1CCC2C3C[C@@H](O)[C@H]4C[C@H](NCCCC(C)C)CC[C@]4(C)C3CC[C@@]21C. The molecule has 0 saturated heterocycles. The molecule has 0 amide bonds. The van der Waals surface area contributed by atoms with E-state index >= 15 is 0 Å². The number of Topliss-reactive ketones (excluding diaryl/α,β-unsaturated/α-hetero) is 1. The second-order valence-electron chi connectivity index (χ2n) is 14.4. The normalized spacial score (nSPS) is 43.9. The van der Waals surface area contributed by atoms with Gasteiger partial charge in [0.2, 0.25) is 0 Å². The molecule has 0 aliphatic heterocycles. The van der Waals surface area contributed by atoms with Gasteiger partial charge in [0.1, 0.15) is 5.78 Å². The van der Waals surface area contributed by atoms with Gasteiger partial charge in [0.15, 0.2) is 0 Å². The van der Waals surface area contributed by atoms with Crippen molar-refractivity contribution in [2.75, 3.05) is 6.54 Å². The molecule has 3 unspecified atom stereocenters. The van der Waals surface area contributed by atoms with Crippen LogP contribution in [0.1, 0.15) is 125 Å². The van der Waals surface area contributed by atoms with E-state index < -0.39 is 0 Å². The number of fused-ring (bicyclic) bond motifs is 5. The van der Waals surface area contributed by atoms with E-state index in [1.54, 1.807) is 0 Å². The van der Waals surface area contributed by atoms with Gasteiger partial charge in [-0.05, 0) is 129 Å². The van der Waals surface area contributed by atoms with E-state index in [4.69, 9.17) is 0 Å². The van der Waals surface area contributed by atoms with Crippen molar-refractivity contribution >= 4 is 5.78 Å². The molecule has 3 heteroatoms. The van der Waals surface area contributed by atoms with Crippen LogP contribution in [0.25, 0.3) is 0 Å². The molecule has 0 radical (unpaired) electrons. The van der Waals surface area contributed by atoms with Crippen LogP contribution in [-0.4, -0.2) is 29.6 Å². The molecule has 0 bridgehead atoms. The van der Waals surface area contributed by atoms with Crippen LogP contribution in [0.15, 0.2) is 0 Å². The third-order valence-electron chi connectivity index (χ3n) is 12.1. The molecule has 4 aliphatic rings. The zero-order chi connectivity index (χ0) is 25.4. The topological polar surface area (TPSA) is 49.3 Å². The summed E-state index contributed by atoms with van der Waals surface area (Å²) in [6.07, 6.45) is 15.2. The van der Waals surface area contributed by atoms with Crippen molar-refractivity contribution in [3.05, 3.63) is 0 Å². The quantitative estimate of drug-likeness (QED) is 0.315. The maximum atomic E-state index is 12.0. The predicted molar refractivity (Wildman–Crippen MR) is 146 cm³/mol. The lowest BCUT2D eigenvalue weighted by Gasteiger charge is -2.62. The zero-order valence-electron chi connectivity index (χ0n) is 24.0. The van der Waals surface area contributed by atoms with Gasteiger partial charge in [0.25, 0.3) is 0 Å². The van der Waals surface area contributed by atoms with Gasteiger partial charge in [-0.25, -0.2) is 0 Å². The van der Waals surface area contributed by atoms with Crippen LogP contribution in [0.4, 0.5) is 0 Å². The van der Waals surface area contributed by atoms with E-state index in [1.807, 2.05) is 6.92 Å². The van der Waals surface area contributed by atoms with Crippen LogP contribution in [0, 0.1) is 52.3 Å². The maximum Gasteiger partial charge on any atom is 0.132 e. The lowest BCUT2D eigenvalue weighted by atomic mass is 9.43. The molecule has 4 fully saturated rings. The highest BCUT2D eigenvalue weighted by molar-refractivity contribution is 5.77. The van der Waals surface area contributed by atoms with E-state index in [9.17, 15) is 9.90 Å². The number of hydrogen-bond acceptors (Lipinski definition) is 3. The summed E-state index contributed by atoms with van der Waals surface area (Å²) in [5, 5.41) is 15.4. The summed E-state index contributed by atoms with van der Waals surface area (Å²) < 4.78 is 0. The van der Waals surface area contributed by atoms with E-state index in [0.717, 1.165) is 49.5 Å². The largest absolute Gasteiger partial charge is 0.393 e. The van der Waals surface area contributed by atoms with Crippen LogP contribution >= 0.6 is 0 Å². The molecule has 0 aromatic rings. The molecule has 0 spiro atoms. The Bertz CT molecular complexity index is 720. The summed E-state index contributed by atoms with van der Waals surface area (Å²) >= 11 is 0. The van der Waals surface area contributed by atoms with Crippen molar-refractivity contribution in [3.8, 4) is 0 Å². The number of carbonyl (C=O) groups is 1. The number of carbonyl (C=O) groups excluding carboxylic acids is 1. The van der Waals surface area contributed by atoms with E-state index in [1.165, 1.54) is 57.8 Å². The van der Waals surface area contributed by atoms with E-state index in [2.05, 4.69) is 39.9 Å². The highest BCUT2D eigenvalue weighted by Crippen LogP contribution is 2.68. The third-order valence-corrected chi connectivity index (χ3v) is 12.1. The molecule has 35 heavy (non-hydrogen) atoms. The molecule has 4 saturated carbocycles. The smallest absolute Gasteiger partial charge is 0.132 e. The lowest BCUT2D eigenvalue weighted by molar-refractivity contribution is -0.162. The lowest BCUT2D eigenvalue weighted by Crippen LogP contribution is -2.59. The minimum absolute atomic E-state index is 0.123. The number of ketones is 1. The molecule has 4 rings (SSSR count). The van der Waals surface area contributed by atoms with Gasteiger partial charge in [-0.3, -0.25) is 4.79 Å². The maximum absolute atomic E-state index is 12.0. The van der Waals surface area contributed by atoms with Crippen LogP contribution in [0.5, 0.6) is 0 Å². The summed E-state index contributed by atoms with van der Waals surface area (Å²) in [5.41, 5.74) is 0.727. The molecule has 202 valence electrons. The number of hydrogen-bond donors (Lipinski definition) is 2. The van der Waals surface area contributed by atoms with Gasteiger partial charge < -0.3 is 10.4 Å². The number of aliphatic hydroxyl groups excluding tert-OH is 1. The number of nitrogens with one attached hydrogen (secondary N) is 1. The standard InChI is InChI=1S/C32H57NO2/c1-7-24(34)11-10-22(4)26-12-13-27-25-20-30(35)29-19-23(33-18-8-9-21(2)3)14-16-32(29,6)28(25)15-17-31(26,27)5/h21-23,25-30,33,35H,7-20H2,1-6H3/t22-,23-,25?,26-,27?,28?,29-,30-,31-,32-/m1/s1. The van der Waals surface area contributed by atoms with Crippen molar-refractivity contribution < 1.29 is 9.90 Å². The number of rotatable bonds is 10. The highest BCUT2D eigenvalue weighted by atomic mass is 16.3. The molecular weight excluding hydrogens is 430 g/mol. The van der Waals surface area contributed by atoms with Crippen molar-refractivity contribution in [1.29, 1.82) is 0 Å². The zero-order valence-corrected chi connectivity index (χ0v) is 24.0. The fourth-order valence-electron chi connectivity index (χ4n) is 10.0. The second kappa shape index (κ2) is 11.1. The van der Waals surface area contributed by atoms with Crippen LogP contribution in [0.3, 0.4) is 0 Å². The van der Waals surface area contributed by atoms with Crippen molar-refractivity contribution in [2.24, 2.45) is 52.3 Å². The van der Waals surface area contributed by atoms with E-state index in [-0.39, 0.29) is 6.10 Å². The van der Waals surface area contributed by atoms with Crippen molar-refractivity contribution in [3.63, 3.8) is 0 Å². The van der Waals surface area contributed by atoms with Gasteiger partial charge in [-0.2, -0.15) is 0 Å². The predicted octanol–water partition coefficient (Wildman–Crippen LogP) is 7.41. The first-order valence-corrected chi connectivity index (χ1v) is 15.5. The first-order chi connectivity index (χ1) is 16.6. The Morgan fingerprint density at radius 3 is 2.37 bits per heavy atom. The van der Waals surface area contributed by atoms with Gasteiger partial charge in [0, 0.05) is 18.9 Å².